The molecule has 0 aliphatic carbocycles. The molecule has 0 saturated heterocycles. The molecule has 1 rings (SSSR count). The Balaban J connectivity index is 2.68. The third-order valence-corrected chi connectivity index (χ3v) is 1.18. The number of aliphatic carboxylic acids is 1. The van der Waals surface area contributed by atoms with Crippen LogP contribution >= 0.6 is 0 Å². The van der Waals surface area contributed by atoms with E-state index in [0.717, 1.165) is 12.2 Å². The molecule has 0 aromatic carbocycles. The summed E-state index contributed by atoms with van der Waals surface area (Å²) in [7, 11) is 0. The number of allylic oxidation sites excluding steroid dienone is 1. The van der Waals surface area contributed by atoms with Gasteiger partial charge in [-0.1, -0.05) is 0 Å². The first-order valence-corrected chi connectivity index (χ1v) is 3.17. The zero-order valence-corrected chi connectivity index (χ0v) is 6.06. The van der Waals surface area contributed by atoms with Crippen molar-refractivity contribution in [1.29, 1.82) is 0 Å². The number of ketones is 1. The molecule has 0 aliphatic rings. The van der Waals surface area contributed by atoms with Crippen molar-refractivity contribution in [3.63, 3.8) is 0 Å². The van der Waals surface area contributed by atoms with E-state index in [0.29, 0.717) is 5.56 Å². The van der Waals surface area contributed by atoms with Crippen LogP contribution in [0, 0.1) is 0 Å². The molecule has 0 bridgehead atoms. The lowest BCUT2D eigenvalue weighted by atomic mass is 10.2. The van der Waals surface area contributed by atoms with Crippen molar-refractivity contribution in [3.05, 3.63) is 36.3 Å². The first-order valence-electron chi connectivity index (χ1n) is 3.17. The number of hydrogen-bond donors (Lipinski definition) is 1. The number of furan rings is 1. The minimum absolute atomic E-state index is 0.340. The van der Waals surface area contributed by atoms with Crippen molar-refractivity contribution < 1.29 is 19.1 Å². The molecule has 1 aromatic rings. The molecular weight excluding hydrogens is 160 g/mol. The van der Waals surface area contributed by atoms with Crippen molar-refractivity contribution in [2.45, 2.75) is 0 Å². The Hall–Kier alpha value is -1.84. The fourth-order valence-corrected chi connectivity index (χ4v) is 0.648. The van der Waals surface area contributed by atoms with Gasteiger partial charge in [0.25, 0.3) is 0 Å². The highest BCUT2D eigenvalue weighted by molar-refractivity contribution is 6.06. The van der Waals surface area contributed by atoms with Crippen LogP contribution in [0.1, 0.15) is 10.4 Å². The summed E-state index contributed by atoms with van der Waals surface area (Å²) in [4.78, 5) is 21.0. The van der Waals surface area contributed by atoms with Gasteiger partial charge < -0.3 is 9.52 Å². The van der Waals surface area contributed by atoms with E-state index in [4.69, 9.17) is 5.11 Å². The molecule has 0 spiro atoms. The average Bonchev–Trinajstić information content (AvgIpc) is 2.51. The van der Waals surface area contributed by atoms with E-state index in [9.17, 15) is 9.59 Å². The van der Waals surface area contributed by atoms with Gasteiger partial charge in [-0.2, -0.15) is 0 Å². The molecule has 1 aromatic heterocycles. The first kappa shape index (κ1) is 8.26. The summed E-state index contributed by atoms with van der Waals surface area (Å²) in [5, 5.41) is 8.20. The van der Waals surface area contributed by atoms with Gasteiger partial charge in [0.1, 0.15) is 6.26 Å². The number of carbonyl (C=O) groups is 2. The third kappa shape index (κ3) is 2.09. The third-order valence-electron chi connectivity index (χ3n) is 1.18. The van der Waals surface area contributed by atoms with Gasteiger partial charge in [-0.05, 0) is 12.1 Å². The molecule has 4 heteroatoms. The predicted octanol–water partition coefficient (Wildman–Crippen LogP) is 1.10. The van der Waals surface area contributed by atoms with Gasteiger partial charge in [-0.15, -0.1) is 0 Å². The highest BCUT2D eigenvalue weighted by Crippen LogP contribution is 2.01. The van der Waals surface area contributed by atoms with Crippen LogP contribution in [0.5, 0.6) is 0 Å². The second kappa shape index (κ2) is 3.52. The first-order chi connectivity index (χ1) is 5.70. The van der Waals surface area contributed by atoms with Crippen molar-refractivity contribution in [1.82, 2.24) is 0 Å². The Morgan fingerprint density at radius 2 is 2.17 bits per heavy atom. The quantitative estimate of drug-likeness (QED) is 0.539. The molecule has 12 heavy (non-hydrogen) atoms. The lowest BCUT2D eigenvalue weighted by Gasteiger charge is -1.84. The number of carboxylic acid groups (broad SMARTS) is 1. The van der Waals surface area contributed by atoms with Crippen LogP contribution in [0.3, 0.4) is 0 Å². The summed E-state index contributed by atoms with van der Waals surface area (Å²) >= 11 is 0. The normalized spacial score (nSPS) is 10.3. The van der Waals surface area contributed by atoms with Gasteiger partial charge in [-0.25, -0.2) is 4.79 Å². The van der Waals surface area contributed by atoms with Gasteiger partial charge >= 0.3 is 5.97 Å². The summed E-state index contributed by atoms with van der Waals surface area (Å²) in [6.07, 6.45) is 4.37. The van der Waals surface area contributed by atoms with Crippen LogP contribution < -0.4 is 0 Å². The van der Waals surface area contributed by atoms with Crippen LogP contribution in [0.25, 0.3) is 0 Å². The molecule has 4 nitrogen and oxygen atoms in total. The maximum Gasteiger partial charge on any atom is 0.328 e. The molecule has 0 radical (unpaired) electrons. The Morgan fingerprint density at radius 1 is 1.42 bits per heavy atom. The van der Waals surface area contributed by atoms with Gasteiger partial charge in [0.05, 0.1) is 11.8 Å². The smallest absolute Gasteiger partial charge is 0.328 e. The molecule has 62 valence electrons. The lowest BCUT2D eigenvalue weighted by Crippen LogP contribution is -1.94. The minimum Gasteiger partial charge on any atom is -0.478 e. The Morgan fingerprint density at radius 3 is 2.67 bits per heavy atom. The van der Waals surface area contributed by atoms with E-state index < -0.39 is 5.97 Å². The SMILES string of the molecule is O=C(O)/C=C/C(=O)c1ccoc1. The fraction of sp³-hybridized carbons (Fsp3) is 0. The molecule has 0 unspecified atom stereocenters. The minimum atomic E-state index is -1.15. The van der Waals surface area contributed by atoms with E-state index >= 15 is 0 Å². The maximum absolute atomic E-state index is 11.0. The highest BCUT2D eigenvalue weighted by atomic mass is 16.4. The summed E-state index contributed by atoms with van der Waals surface area (Å²) in [5.41, 5.74) is 0.340. The Labute approximate surface area is 68.1 Å². The lowest BCUT2D eigenvalue weighted by molar-refractivity contribution is -0.131. The van der Waals surface area contributed by atoms with E-state index in [1.54, 1.807) is 0 Å². The zero-order chi connectivity index (χ0) is 8.97. The Bertz CT molecular complexity index is 308. The molecular formula is C8H6O4. The average molecular weight is 166 g/mol. The van der Waals surface area contributed by atoms with Crippen LogP contribution in [-0.4, -0.2) is 16.9 Å². The van der Waals surface area contributed by atoms with Gasteiger partial charge in [0, 0.05) is 6.08 Å². The van der Waals surface area contributed by atoms with Crippen LogP contribution in [0.15, 0.2) is 35.2 Å². The fourth-order valence-electron chi connectivity index (χ4n) is 0.648. The molecule has 0 atom stereocenters. The molecule has 0 saturated carbocycles. The second-order valence-electron chi connectivity index (χ2n) is 2.05. The van der Waals surface area contributed by atoms with Crippen molar-refractivity contribution >= 4 is 11.8 Å². The maximum atomic E-state index is 11.0. The summed E-state index contributed by atoms with van der Waals surface area (Å²) < 4.78 is 4.64. The number of carboxylic acids is 1. The second-order valence-corrected chi connectivity index (χ2v) is 2.05. The van der Waals surface area contributed by atoms with E-state index in [-0.39, 0.29) is 5.78 Å². The summed E-state index contributed by atoms with van der Waals surface area (Å²) in [6.45, 7) is 0. The zero-order valence-electron chi connectivity index (χ0n) is 6.06. The molecule has 1 heterocycles. The highest BCUT2D eigenvalue weighted by Gasteiger charge is 2.02. The van der Waals surface area contributed by atoms with Crippen molar-refractivity contribution in [3.8, 4) is 0 Å². The van der Waals surface area contributed by atoms with Crippen LogP contribution in [-0.2, 0) is 4.79 Å². The topological polar surface area (TPSA) is 67.5 Å². The van der Waals surface area contributed by atoms with Crippen LogP contribution in [0.2, 0.25) is 0 Å². The predicted molar refractivity (Wildman–Crippen MR) is 39.8 cm³/mol. The van der Waals surface area contributed by atoms with Crippen molar-refractivity contribution in [2.75, 3.05) is 0 Å². The standard InChI is InChI=1S/C8H6O4/c9-7(1-2-8(10)11)6-3-4-12-5-6/h1-5H,(H,10,11)/b2-1+. The van der Waals surface area contributed by atoms with Gasteiger partial charge in [-0.3, -0.25) is 4.79 Å². The van der Waals surface area contributed by atoms with Crippen molar-refractivity contribution in [2.24, 2.45) is 0 Å². The summed E-state index contributed by atoms with van der Waals surface area (Å²) in [5.74, 6) is -1.53. The van der Waals surface area contributed by atoms with Gasteiger partial charge in [0.15, 0.2) is 5.78 Å². The monoisotopic (exact) mass is 166 g/mol. The van der Waals surface area contributed by atoms with Gasteiger partial charge in [0.2, 0.25) is 0 Å². The van der Waals surface area contributed by atoms with E-state index in [1.165, 1.54) is 18.6 Å². The van der Waals surface area contributed by atoms with Crippen LogP contribution in [0.4, 0.5) is 0 Å². The number of rotatable bonds is 3. The molecule has 0 aliphatic heterocycles. The van der Waals surface area contributed by atoms with E-state index in [2.05, 4.69) is 4.42 Å². The van der Waals surface area contributed by atoms with E-state index in [1.807, 2.05) is 0 Å². The molecule has 1 N–H and O–H groups in total. The summed E-state index contributed by atoms with van der Waals surface area (Å²) in [6, 6.07) is 1.47. The molecule has 0 fully saturated rings. The number of hydrogen-bond acceptors (Lipinski definition) is 3. The Kier molecular flexibility index (Phi) is 2.42. The largest absolute Gasteiger partial charge is 0.478 e. The number of carbonyl (C=O) groups excluding carboxylic acids is 1. The molecule has 0 amide bonds.